The van der Waals surface area contributed by atoms with Gasteiger partial charge in [-0.2, -0.15) is 0 Å². The van der Waals surface area contributed by atoms with Crippen molar-refractivity contribution < 1.29 is 24.5 Å². The number of aromatic amines is 1. The third kappa shape index (κ3) is 5.61. The molecule has 0 spiro atoms. The second-order valence-corrected chi connectivity index (χ2v) is 7.55. The lowest BCUT2D eigenvalue weighted by atomic mass is 10.1. The van der Waals surface area contributed by atoms with Gasteiger partial charge in [-0.25, -0.2) is 19.3 Å². The van der Waals surface area contributed by atoms with Crippen LogP contribution >= 0.6 is 0 Å². The quantitative estimate of drug-likeness (QED) is 0.179. The van der Waals surface area contributed by atoms with Gasteiger partial charge in [-0.15, -0.1) is 0 Å². The molecule has 0 unspecified atom stereocenters. The summed E-state index contributed by atoms with van der Waals surface area (Å²) in [4.78, 5) is 30.1. The molecule has 3 heterocycles. The molecule has 3 rings (SSSR count). The molecular formula is C19H31N7O6. The summed E-state index contributed by atoms with van der Waals surface area (Å²) in [6.45, 7) is 4.58. The maximum absolute atomic E-state index is 12.4. The summed E-state index contributed by atoms with van der Waals surface area (Å²) in [6, 6.07) is 0. The van der Waals surface area contributed by atoms with Crippen LogP contribution in [0.2, 0.25) is 0 Å². The zero-order valence-corrected chi connectivity index (χ0v) is 18.3. The Balaban J connectivity index is 1.50. The fourth-order valence-corrected chi connectivity index (χ4v) is 3.54. The number of nitrogens with zero attached hydrogens (tertiary/aromatic N) is 5. The normalized spacial score (nSPS) is 23.7. The van der Waals surface area contributed by atoms with Gasteiger partial charge in [0, 0.05) is 13.2 Å². The van der Waals surface area contributed by atoms with Gasteiger partial charge in [0.15, 0.2) is 17.7 Å². The molecule has 2 aromatic rings. The average molecular weight is 454 g/mol. The van der Waals surface area contributed by atoms with Gasteiger partial charge in [0.05, 0.1) is 12.8 Å². The molecule has 0 saturated carbocycles. The van der Waals surface area contributed by atoms with Gasteiger partial charge in [0.2, 0.25) is 0 Å². The first-order chi connectivity index (χ1) is 15.4. The number of hydrogen-bond acceptors (Lipinski definition) is 11. The lowest BCUT2D eigenvalue weighted by Crippen LogP contribution is -2.39. The molecule has 0 aromatic carbocycles. The van der Waals surface area contributed by atoms with Crippen LogP contribution < -0.4 is 11.4 Å². The van der Waals surface area contributed by atoms with Crippen LogP contribution in [-0.4, -0.2) is 99.1 Å². The van der Waals surface area contributed by atoms with Crippen molar-refractivity contribution in [2.24, 2.45) is 5.16 Å². The van der Waals surface area contributed by atoms with E-state index in [9.17, 15) is 15.0 Å². The number of hydrogen-bond donors (Lipinski definition) is 4. The van der Waals surface area contributed by atoms with Gasteiger partial charge in [-0.3, -0.25) is 0 Å². The Kier molecular flexibility index (Phi) is 8.53. The zero-order chi connectivity index (χ0) is 23.1. The van der Waals surface area contributed by atoms with Gasteiger partial charge in [0.1, 0.15) is 36.8 Å². The largest absolute Gasteiger partial charge is 0.396 e. The molecule has 5 N–H and O–H groups in total. The standard InChI is InChI=1S/C19H31N7O6/c1-3-30-9-6-23-31-8-5-4-7-25(2)10-12-14(27)15(28)18(32-12)26-17-13(24-19(26)29)16(20)21-11-22-17/h6,11-12,14-15,18,27-28H,3-5,7-10H2,1-2H3,(H,24,29)(H2,20,21,22)/t12-,14-,15-,18-/m1/s1. The number of aromatic nitrogens is 4. The molecule has 2 aromatic heterocycles. The minimum Gasteiger partial charge on any atom is -0.396 e. The lowest BCUT2D eigenvalue weighted by Gasteiger charge is -2.22. The smallest absolute Gasteiger partial charge is 0.330 e. The van der Waals surface area contributed by atoms with Gasteiger partial charge in [-0.05, 0) is 33.4 Å². The minimum absolute atomic E-state index is 0.110. The fourth-order valence-electron chi connectivity index (χ4n) is 3.54. The van der Waals surface area contributed by atoms with Crippen LogP contribution in [0, 0.1) is 0 Å². The van der Waals surface area contributed by atoms with Gasteiger partial charge >= 0.3 is 5.69 Å². The molecule has 13 heteroatoms. The first kappa shape index (κ1) is 24.1. The second kappa shape index (κ2) is 11.3. The number of nitrogens with two attached hydrogens (primary N) is 1. The van der Waals surface area contributed by atoms with E-state index >= 15 is 0 Å². The summed E-state index contributed by atoms with van der Waals surface area (Å²) < 4.78 is 12.1. The predicted octanol–water partition coefficient (Wildman–Crippen LogP) is -0.928. The van der Waals surface area contributed by atoms with Crippen molar-refractivity contribution in [3.8, 4) is 0 Å². The summed E-state index contributed by atoms with van der Waals surface area (Å²) in [5, 5.41) is 24.8. The van der Waals surface area contributed by atoms with E-state index < -0.39 is 30.2 Å². The van der Waals surface area contributed by atoms with E-state index in [4.69, 9.17) is 20.0 Å². The molecule has 0 amide bonds. The molecular weight excluding hydrogens is 422 g/mol. The Morgan fingerprint density at radius 3 is 2.97 bits per heavy atom. The number of imidazole rings is 1. The summed E-state index contributed by atoms with van der Waals surface area (Å²) in [5.74, 6) is 0.110. The van der Waals surface area contributed by atoms with E-state index in [1.807, 2.05) is 18.9 Å². The first-order valence-corrected chi connectivity index (χ1v) is 10.6. The molecule has 0 aliphatic carbocycles. The number of oxime groups is 1. The summed E-state index contributed by atoms with van der Waals surface area (Å²) in [6.07, 6.45) is 0.211. The zero-order valence-electron chi connectivity index (χ0n) is 18.3. The molecule has 32 heavy (non-hydrogen) atoms. The Bertz CT molecular complexity index is 948. The van der Waals surface area contributed by atoms with E-state index in [2.05, 4.69) is 20.1 Å². The van der Waals surface area contributed by atoms with Crippen LogP contribution in [0.3, 0.4) is 0 Å². The number of anilines is 1. The first-order valence-electron chi connectivity index (χ1n) is 10.6. The Labute approximate surface area is 184 Å². The second-order valence-electron chi connectivity index (χ2n) is 7.55. The van der Waals surface area contributed by atoms with Crippen molar-refractivity contribution in [1.29, 1.82) is 0 Å². The van der Waals surface area contributed by atoms with Crippen LogP contribution in [0.5, 0.6) is 0 Å². The Hall–Kier alpha value is -2.58. The highest BCUT2D eigenvalue weighted by Crippen LogP contribution is 2.31. The summed E-state index contributed by atoms with van der Waals surface area (Å²) in [5.41, 5.74) is 5.69. The molecule has 0 radical (unpaired) electrons. The number of aliphatic hydroxyl groups is 2. The SMILES string of the molecule is CCOCC=NOCCCCN(C)C[C@H]1O[C@@H](n2c(=O)[nH]c3c(N)ncnc32)[C@H](O)[C@@H]1O. The number of ether oxygens (including phenoxy) is 2. The molecule has 0 bridgehead atoms. The number of unbranched alkanes of at least 4 members (excludes halogenated alkanes) is 1. The van der Waals surface area contributed by atoms with Crippen molar-refractivity contribution in [3.05, 3.63) is 16.8 Å². The van der Waals surface area contributed by atoms with Crippen LogP contribution in [0.25, 0.3) is 11.2 Å². The molecule has 4 atom stereocenters. The summed E-state index contributed by atoms with van der Waals surface area (Å²) >= 11 is 0. The van der Waals surface area contributed by atoms with Crippen molar-refractivity contribution in [3.63, 3.8) is 0 Å². The van der Waals surface area contributed by atoms with E-state index in [-0.39, 0.29) is 17.0 Å². The molecule has 1 saturated heterocycles. The molecule has 1 aliphatic rings. The van der Waals surface area contributed by atoms with Crippen LogP contribution in [-0.2, 0) is 14.3 Å². The highest BCUT2D eigenvalue weighted by Gasteiger charge is 2.45. The highest BCUT2D eigenvalue weighted by molar-refractivity contribution is 5.81. The number of likely N-dealkylation sites (N-methyl/N-ethyl adjacent to an activating group) is 1. The van der Waals surface area contributed by atoms with E-state index in [0.29, 0.717) is 26.4 Å². The third-order valence-electron chi connectivity index (χ3n) is 5.19. The van der Waals surface area contributed by atoms with Crippen molar-refractivity contribution in [2.75, 3.05) is 45.7 Å². The molecule has 178 valence electrons. The summed E-state index contributed by atoms with van der Waals surface area (Å²) in [7, 11) is 1.89. The number of aliphatic hydroxyl groups excluding tert-OH is 2. The van der Waals surface area contributed by atoms with Crippen LogP contribution in [0.15, 0.2) is 16.3 Å². The van der Waals surface area contributed by atoms with Crippen molar-refractivity contribution in [1.82, 2.24) is 24.4 Å². The molecule has 1 aliphatic heterocycles. The number of rotatable bonds is 12. The molecule has 1 fully saturated rings. The molecule has 13 nitrogen and oxygen atoms in total. The van der Waals surface area contributed by atoms with Gasteiger partial charge in [-0.1, -0.05) is 5.16 Å². The minimum atomic E-state index is -1.30. The monoisotopic (exact) mass is 453 g/mol. The number of H-pyrrole nitrogens is 1. The predicted molar refractivity (Wildman–Crippen MR) is 116 cm³/mol. The van der Waals surface area contributed by atoms with Gasteiger partial charge in [0.25, 0.3) is 0 Å². The fraction of sp³-hybridized carbons (Fsp3) is 0.684. The number of nitrogen functional groups attached to an aromatic ring is 1. The number of nitrogens with one attached hydrogen (secondary N) is 1. The van der Waals surface area contributed by atoms with E-state index in [1.54, 1.807) is 6.21 Å². The average Bonchev–Trinajstić information content (AvgIpc) is 3.24. The van der Waals surface area contributed by atoms with E-state index in [0.717, 1.165) is 24.0 Å². The van der Waals surface area contributed by atoms with Crippen LogP contribution in [0.4, 0.5) is 5.82 Å². The Morgan fingerprint density at radius 1 is 1.38 bits per heavy atom. The highest BCUT2D eigenvalue weighted by atomic mass is 16.6. The Morgan fingerprint density at radius 2 is 2.19 bits per heavy atom. The maximum atomic E-state index is 12.4. The van der Waals surface area contributed by atoms with E-state index in [1.165, 1.54) is 6.33 Å². The van der Waals surface area contributed by atoms with Crippen molar-refractivity contribution >= 4 is 23.2 Å². The van der Waals surface area contributed by atoms with Crippen molar-refractivity contribution in [2.45, 2.75) is 44.3 Å². The maximum Gasteiger partial charge on any atom is 0.330 e. The lowest BCUT2D eigenvalue weighted by molar-refractivity contribution is -0.0438. The van der Waals surface area contributed by atoms with Gasteiger partial charge < -0.3 is 40.1 Å². The third-order valence-corrected chi connectivity index (χ3v) is 5.19. The van der Waals surface area contributed by atoms with Crippen LogP contribution in [0.1, 0.15) is 26.0 Å². The topological polar surface area (TPSA) is 173 Å². The number of fused-ring (bicyclic) bond motifs is 1.